The van der Waals surface area contributed by atoms with Crippen LogP contribution in [0.5, 0.6) is 5.75 Å². The molecule has 1 N–H and O–H groups in total. The summed E-state index contributed by atoms with van der Waals surface area (Å²) in [6.07, 6.45) is 5.10. The second-order valence-corrected chi connectivity index (χ2v) is 15.5. The van der Waals surface area contributed by atoms with Crippen LogP contribution in [0.25, 0.3) is 21.7 Å². The topological polar surface area (TPSA) is 80.0 Å². The zero-order chi connectivity index (χ0) is 30.0. The van der Waals surface area contributed by atoms with Gasteiger partial charge >= 0.3 is 0 Å². The first-order valence-corrected chi connectivity index (χ1v) is 18.0. The number of para-hydroxylation sites is 1. The third kappa shape index (κ3) is 4.32. The van der Waals surface area contributed by atoms with Gasteiger partial charge in [-0.25, -0.2) is 4.21 Å². The van der Waals surface area contributed by atoms with Gasteiger partial charge in [-0.15, -0.1) is 0 Å². The van der Waals surface area contributed by atoms with Gasteiger partial charge in [-0.1, -0.05) is 75.5 Å². The highest BCUT2D eigenvalue weighted by molar-refractivity contribution is 7.79. The summed E-state index contributed by atoms with van der Waals surface area (Å²) in [6.45, 7) is 8.80. The van der Waals surface area contributed by atoms with Crippen LogP contribution in [0.4, 0.5) is 11.4 Å². The molecular formula is C35H30NO5SSi. The van der Waals surface area contributed by atoms with Gasteiger partial charge in [-0.3, -0.25) is 4.79 Å². The Morgan fingerprint density at radius 3 is 2.51 bits per heavy atom. The van der Waals surface area contributed by atoms with Crippen molar-refractivity contribution >= 4 is 58.8 Å². The number of anilines is 2. The first-order valence-electron chi connectivity index (χ1n) is 14.2. The first-order chi connectivity index (χ1) is 20.7. The minimum Gasteiger partial charge on any atom is -0.463 e. The molecule has 215 valence electrons. The summed E-state index contributed by atoms with van der Waals surface area (Å²) in [7, 11) is -0.595. The zero-order valence-corrected chi connectivity index (χ0v) is 26.1. The number of hydrogen-bond acceptors (Lipinski definition) is 5. The largest absolute Gasteiger partial charge is 0.463 e. The van der Waals surface area contributed by atoms with E-state index >= 15 is 0 Å². The molecule has 5 aromatic rings. The third-order valence-electron chi connectivity index (χ3n) is 8.35. The molecule has 2 aliphatic heterocycles. The molecule has 0 aliphatic carbocycles. The van der Waals surface area contributed by atoms with Crippen LogP contribution in [0.1, 0.15) is 35.3 Å². The molecule has 6 nitrogen and oxygen atoms in total. The van der Waals surface area contributed by atoms with E-state index in [2.05, 4.69) is 50.0 Å². The summed E-state index contributed by atoms with van der Waals surface area (Å²) in [6, 6.07) is 24.9. The molecule has 43 heavy (non-hydrogen) atoms. The molecule has 0 bridgehead atoms. The van der Waals surface area contributed by atoms with E-state index in [0.29, 0.717) is 22.3 Å². The molecule has 4 aromatic carbocycles. The molecule has 0 spiro atoms. The number of furan rings is 1. The lowest BCUT2D eigenvalue weighted by Gasteiger charge is -2.29. The lowest BCUT2D eigenvalue weighted by molar-refractivity contribution is 0.101. The number of ketones is 1. The fraction of sp³-hybridized carbons (Fsp3) is 0.171. The second kappa shape index (κ2) is 10.2. The Bertz CT molecular complexity index is 2050. The Morgan fingerprint density at radius 1 is 0.953 bits per heavy atom. The van der Waals surface area contributed by atoms with Crippen LogP contribution in [-0.2, 0) is 22.5 Å². The van der Waals surface area contributed by atoms with E-state index in [1.165, 1.54) is 11.8 Å². The summed E-state index contributed by atoms with van der Waals surface area (Å²) >= 11 is -2.23. The van der Waals surface area contributed by atoms with Crippen molar-refractivity contribution in [3.63, 3.8) is 0 Å². The number of allylic oxidation sites excluding steroid dienone is 4. The van der Waals surface area contributed by atoms with Crippen LogP contribution >= 0.6 is 0 Å². The second-order valence-electron chi connectivity index (χ2n) is 11.8. The number of ether oxygens (including phenoxy) is 1. The number of benzene rings is 4. The molecule has 1 aromatic heterocycles. The van der Waals surface area contributed by atoms with E-state index in [-0.39, 0.29) is 16.4 Å². The Labute approximate surface area is 254 Å². The number of carbonyl (C=O) groups is 1. The van der Waals surface area contributed by atoms with Crippen molar-refractivity contribution in [3.05, 3.63) is 119 Å². The molecular weight excluding hydrogens is 575 g/mol. The Morgan fingerprint density at radius 2 is 1.72 bits per heavy atom. The number of fused-ring (bicyclic) bond motifs is 6. The molecule has 1 unspecified atom stereocenters. The van der Waals surface area contributed by atoms with Gasteiger partial charge in [-0.05, 0) is 53.4 Å². The summed E-state index contributed by atoms with van der Waals surface area (Å²) in [4.78, 5) is 16.0. The van der Waals surface area contributed by atoms with Crippen LogP contribution in [0.15, 0.2) is 112 Å². The van der Waals surface area contributed by atoms with Gasteiger partial charge in [0.15, 0.2) is 16.8 Å². The Balaban J connectivity index is 1.44. The van der Waals surface area contributed by atoms with Crippen molar-refractivity contribution in [2.45, 2.75) is 43.3 Å². The quantitative estimate of drug-likeness (QED) is 0.123. The fourth-order valence-electron chi connectivity index (χ4n) is 6.46. The molecule has 7 rings (SSSR count). The zero-order valence-electron chi connectivity index (χ0n) is 24.3. The predicted molar refractivity (Wildman–Crippen MR) is 173 cm³/mol. The standard InChI is InChI=1S/C35H30NO5SSi/c1-35(2)30(18-17-28-33(37)24-14-13-21-9-5-7-11-23(21)34(24)41-28)36(25-12-8-6-10-22(25)20-43(3)4)26-15-16-27-31(32(26)35)29(19-40-27)42(38)39/h5-19H,20H2,1-4H3,(H,38,39)/b28-17-,30-18+. The molecule has 0 amide bonds. The van der Waals surface area contributed by atoms with Crippen molar-refractivity contribution in [1.82, 2.24) is 0 Å². The van der Waals surface area contributed by atoms with Crippen LogP contribution in [-0.4, -0.2) is 23.3 Å². The van der Waals surface area contributed by atoms with Crippen molar-refractivity contribution in [1.29, 1.82) is 0 Å². The maximum absolute atomic E-state index is 13.5. The highest BCUT2D eigenvalue weighted by Gasteiger charge is 2.44. The molecule has 3 heterocycles. The third-order valence-corrected chi connectivity index (χ3v) is 10.1. The van der Waals surface area contributed by atoms with Crippen molar-refractivity contribution in [3.8, 4) is 5.75 Å². The van der Waals surface area contributed by atoms with E-state index in [1.54, 1.807) is 6.08 Å². The van der Waals surface area contributed by atoms with Gasteiger partial charge in [-0.2, -0.15) is 0 Å². The Kier molecular flexibility index (Phi) is 6.54. The highest BCUT2D eigenvalue weighted by Crippen LogP contribution is 2.55. The average molecular weight is 605 g/mol. The summed E-state index contributed by atoms with van der Waals surface area (Å²) in [5, 5.41) is 2.56. The van der Waals surface area contributed by atoms with Gasteiger partial charge in [0.05, 0.1) is 11.3 Å². The molecule has 0 saturated heterocycles. The SMILES string of the molecule is C[Si](C)Cc1ccccc1N1/C(=C/C=C2\Oc3c(ccc4ccccc34)C2=O)C(C)(C)c2c1ccc1occ(S(=O)O)c21. The fourth-order valence-corrected chi connectivity index (χ4v) is 8.03. The van der Waals surface area contributed by atoms with E-state index < -0.39 is 25.3 Å². The van der Waals surface area contributed by atoms with E-state index in [4.69, 9.17) is 9.15 Å². The molecule has 0 saturated carbocycles. The summed E-state index contributed by atoms with van der Waals surface area (Å²) < 4.78 is 34.5. The van der Waals surface area contributed by atoms with E-state index in [9.17, 15) is 13.6 Å². The number of nitrogens with zero attached hydrogens (tertiary/aromatic N) is 1. The maximum Gasteiger partial charge on any atom is 0.231 e. The van der Waals surface area contributed by atoms with Crippen LogP contribution < -0.4 is 9.64 Å². The van der Waals surface area contributed by atoms with Gasteiger partial charge in [0.25, 0.3) is 0 Å². The molecule has 8 heteroatoms. The summed E-state index contributed by atoms with van der Waals surface area (Å²) in [5.41, 5.74) is 5.51. The van der Waals surface area contributed by atoms with Gasteiger partial charge in [0, 0.05) is 41.9 Å². The minimum atomic E-state index is -2.23. The number of hydrogen-bond donors (Lipinski definition) is 1. The number of Topliss-reactive ketones (excluding diaryl/α,β-unsaturated/α-hetero) is 1. The predicted octanol–water partition coefficient (Wildman–Crippen LogP) is 8.48. The molecule has 1 radical (unpaired) electrons. The lowest BCUT2D eigenvalue weighted by atomic mass is 9.82. The summed E-state index contributed by atoms with van der Waals surface area (Å²) in [5.74, 6) is 0.689. The number of rotatable bonds is 5. The number of carbonyl (C=O) groups excluding carboxylic acids is 1. The minimum absolute atomic E-state index is 0.155. The van der Waals surface area contributed by atoms with E-state index in [1.807, 2.05) is 60.7 Å². The lowest BCUT2D eigenvalue weighted by Crippen LogP contribution is -2.24. The van der Waals surface area contributed by atoms with Crippen LogP contribution in [0.3, 0.4) is 0 Å². The first kappa shape index (κ1) is 27.6. The van der Waals surface area contributed by atoms with Crippen LogP contribution in [0, 0.1) is 0 Å². The molecule has 0 fully saturated rings. The molecule has 2 aliphatic rings. The van der Waals surface area contributed by atoms with Crippen molar-refractivity contribution < 1.29 is 22.7 Å². The van der Waals surface area contributed by atoms with Gasteiger partial charge in [0.1, 0.15) is 22.5 Å². The Hall–Kier alpha value is -4.24. The van der Waals surface area contributed by atoms with Gasteiger partial charge < -0.3 is 18.6 Å². The average Bonchev–Trinajstić information content (AvgIpc) is 3.62. The van der Waals surface area contributed by atoms with Crippen molar-refractivity contribution in [2.75, 3.05) is 4.90 Å². The van der Waals surface area contributed by atoms with Crippen molar-refractivity contribution in [2.24, 2.45) is 0 Å². The van der Waals surface area contributed by atoms with Crippen LogP contribution in [0.2, 0.25) is 13.1 Å². The smallest absolute Gasteiger partial charge is 0.231 e. The monoisotopic (exact) mass is 604 g/mol. The highest BCUT2D eigenvalue weighted by atomic mass is 32.2. The normalized spacial score (nSPS) is 18.2. The van der Waals surface area contributed by atoms with Gasteiger partial charge in [0.2, 0.25) is 5.78 Å². The molecule has 1 atom stereocenters. The van der Waals surface area contributed by atoms with E-state index in [0.717, 1.165) is 39.5 Å². The maximum atomic E-state index is 13.5.